The molecule has 2 nitrogen and oxygen atoms in total. The number of halogens is 3. The second-order valence-electron chi connectivity index (χ2n) is 5.70. The highest BCUT2D eigenvalue weighted by molar-refractivity contribution is 9.08. The van der Waals surface area contributed by atoms with E-state index in [9.17, 15) is 8.78 Å². The molecule has 0 radical (unpaired) electrons. The molecule has 1 aliphatic rings. The van der Waals surface area contributed by atoms with Crippen LogP contribution < -0.4 is 4.90 Å². The van der Waals surface area contributed by atoms with Crippen molar-refractivity contribution in [3.8, 4) is 0 Å². The summed E-state index contributed by atoms with van der Waals surface area (Å²) < 4.78 is 28.2. The van der Waals surface area contributed by atoms with Gasteiger partial charge >= 0.3 is 0 Å². The standard InChI is InChI=1S/C14H19BrF2N2/c1-14(2)9-19(5-4-18(14)3)13-11(16)6-10(8-15)7-12(13)17/h6-7H,4-5,8-9H2,1-3H3. The Morgan fingerprint density at radius 3 is 2.26 bits per heavy atom. The first-order valence-corrected chi connectivity index (χ1v) is 7.47. The molecular weight excluding hydrogens is 314 g/mol. The lowest BCUT2D eigenvalue weighted by molar-refractivity contribution is 0.138. The molecule has 0 aromatic heterocycles. The monoisotopic (exact) mass is 332 g/mol. The van der Waals surface area contributed by atoms with Gasteiger partial charge in [0.05, 0.1) is 0 Å². The first-order chi connectivity index (χ1) is 8.85. The zero-order chi connectivity index (χ0) is 14.2. The van der Waals surface area contributed by atoms with Crippen LogP contribution in [0.5, 0.6) is 0 Å². The van der Waals surface area contributed by atoms with Crippen molar-refractivity contribution in [2.45, 2.75) is 24.7 Å². The van der Waals surface area contributed by atoms with Gasteiger partial charge in [-0.05, 0) is 38.6 Å². The number of anilines is 1. The molecule has 0 spiro atoms. The van der Waals surface area contributed by atoms with Gasteiger partial charge in [0, 0.05) is 30.5 Å². The molecule has 1 aromatic rings. The van der Waals surface area contributed by atoms with Crippen molar-refractivity contribution in [1.82, 2.24) is 4.90 Å². The van der Waals surface area contributed by atoms with Gasteiger partial charge in [-0.15, -0.1) is 0 Å². The fourth-order valence-electron chi connectivity index (χ4n) is 2.43. The summed E-state index contributed by atoms with van der Waals surface area (Å²) in [7, 11) is 2.04. The van der Waals surface area contributed by atoms with Gasteiger partial charge in [0.15, 0.2) is 0 Å². The molecule has 19 heavy (non-hydrogen) atoms. The summed E-state index contributed by atoms with van der Waals surface area (Å²) in [6.07, 6.45) is 0. The van der Waals surface area contributed by atoms with Gasteiger partial charge in [0.1, 0.15) is 17.3 Å². The van der Waals surface area contributed by atoms with E-state index in [-0.39, 0.29) is 11.2 Å². The highest BCUT2D eigenvalue weighted by Crippen LogP contribution is 2.30. The predicted octanol–water partition coefficient (Wildman–Crippen LogP) is 3.39. The molecule has 106 valence electrons. The van der Waals surface area contributed by atoms with E-state index in [4.69, 9.17) is 0 Å². The van der Waals surface area contributed by atoms with E-state index in [2.05, 4.69) is 34.7 Å². The topological polar surface area (TPSA) is 6.48 Å². The number of hydrogen-bond donors (Lipinski definition) is 0. The summed E-state index contributed by atoms with van der Waals surface area (Å²) in [5.41, 5.74) is 0.628. The van der Waals surface area contributed by atoms with E-state index < -0.39 is 11.6 Å². The van der Waals surface area contributed by atoms with Crippen molar-refractivity contribution < 1.29 is 8.78 Å². The maximum Gasteiger partial charge on any atom is 0.149 e. The maximum atomic E-state index is 14.1. The van der Waals surface area contributed by atoms with Crippen LogP contribution in [-0.2, 0) is 5.33 Å². The Bertz CT molecular complexity index is 454. The average Bonchev–Trinajstić information content (AvgIpc) is 2.32. The molecular formula is C14H19BrF2N2. The normalized spacial score (nSPS) is 19.8. The SMILES string of the molecule is CN1CCN(c2c(F)cc(CBr)cc2F)CC1(C)C. The van der Waals surface area contributed by atoms with Gasteiger partial charge in [-0.1, -0.05) is 15.9 Å². The van der Waals surface area contributed by atoms with Crippen LogP contribution in [-0.4, -0.2) is 37.1 Å². The van der Waals surface area contributed by atoms with Gasteiger partial charge in [-0.3, -0.25) is 4.90 Å². The Morgan fingerprint density at radius 2 is 1.79 bits per heavy atom. The zero-order valence-electron chi connectivity index (χ0n) is 11.5. The molecule has 0 amide bonds. The van der Waals surface area contributed by atoms with Crippen LogP contribution >= 0.6 is 15.9 Å². The number of alkyl halides is 1. The van der Waals surface area contributed by atoms with Gasteiger partial charge in [-0.2, -0.15) is 0 Å². The summed E-state index contributed by atoms with van der Waals surface area (Å²) in [6.45, 7) is 6.22. The van der Waals surface area contributed by atoms with Crippen LogP contribution in [0.2, 0.25) is 0 Å². The molecule has 1 heterocycles. The number of likely N-dealkylation sites (N-methyl/N-ethyl adjacent to an activating group) is 1. The fraction of sp³-hybridized carbons (Fsp3) is 0.571. The summed E-state index contributed by atoms with van der Waals surface area (Å²) in [5.74, 6) is -0.954. The molecule has 1 saturated heterocycles. The van der Waals surface area contributed by atoms with Gasteiger partial charge in [-0.25, -0.2) is 8.78 Å². The first kappa shape index (κ1) is 14.7. The fourth-order valence-corrected chi connectivity index (χ4v) is 2.75. The van der Waals surface area contributed by atoms with Crippen molar-refractivity contribution in [1.29, 1.82) is 0 Å². The van der Waals surface area contributed by atoms with E-state index in [0.717, 1.165) is 6.54 Å². The molecule has 2 rings (SSSR count). The predicted molar refractivity (Wildman–Crippen MR) is 77.9 cm³/mol. The minimum atomic E-state index is -0.477. The largest absolute Gasteiger partial charge is 0.364 e. The summed E-state index contributed by atoms with van der Waals surface area (Å²) in [6, 6.07) is 2.80. The van der Waals surface area contributed by atoms with Gasteiger partial charge in [0.2, 0.25) is 0 Å². The van der Waals surface area contributed by atoms with Crippen molar-refractivity contribution in [2.24, 2.45) is 0 Å². The lowest BCUT2D eigenvalue weighted by atomic mass is 9.99. The molecule has 0 bridgehead atoms. The van der Waals surface area contributed by atoms with Crippen LogP contribution in [0, 0.1) is 11.6 Å². The third-order valence-corrected chi connectivity index (χ3v) is 4.51. The van der Waals surface area contributed by atoms with E-state index in [1.165, 1.54) is 12.1 Å². The van der Waals surface area contributed by atoms with Crippen molar-refractivity contribution in [3.63, 3.8) is 0 Å². The molecule has 1 aliphatic heterocycles. The quantitative estimate of drug-likeness (QED) is 0.766. The number of rotatable bonds is 2. The third-order valence-electron chi connectivity index (χ3n) is 3.86. The second kappa shape index (κ2) is 5.37. The second-order valence-corrected chi connectivity index (χ2v) is 6.26. The highest BCUT2D eigenvalue weighted by Gasteiger charge is 2.33. The van der Waals surface area contributed by atoms with Crippen molar-refractivity contribution in [2.75, 3.05) is 31.6 Å². The smallest absolute Gasteiger partial charge is 0.149 e. The lowest BCUT2D eigenvalue weighted by Crippen LogP contribution is -2.58. The van der Waals surface area contributed by atoms with Crippen LogP contribution in [0.3, 0.4) is 0 Å². The van der Waals surface area contributed by atoms with E-state index in [1.54, 1.807) is 0 Å². The Labute approximate surface area is 121 Å². The number of nitrogens with zero attached hydrogens (tertiary/aromatic N) is 2. The number of piperazine rings is 1. The maximum absolute atomic E-state index is 14.1. The first-order valence-electron chi connectivity index (χ1n) is 6.35. The molecule has 0 atom stereocenters. The minimum absolute atomic E-state index is 0.0920. The van der Waals surface area contributed by atoms with Crippen LogP contribution in [0.4, 0.5) is 14.5 Å². The van der Waals surface area contributed by atoms with Crippen LogP contribution in [0.25, 0.3) is 0 Å². The average molecular weight is 333 g/mol. The summed E-state index contributed by atoms with van der Waals surface area (Å²) in [5, 5.41) is 0.454. The summed E-state index contributed by atoms with van der Waals surface area (Å²) >= 11 is 3.22. The number of hydrogen-bond acceptors (Lipinski definition) is 2. The third kappa shape index (κ3) is 2.92. The Hall–Kier alpha value is -0.680. The van der Waals surface area contributed by atoms with Crippen LogP contribution in [0.1, 0.15) is 19.4 Å². The van der Waals surface area contributed by atoms with E-state index >= 15 is 0 Å². The van der Waals surface area contributed by atoms with E-state index in [0.29, 0.717) is 24.0 Å². The number of benzene rings is 1. The highest BCUT2D eigenvalue weighted by atomic mass is 79.9. The molecule has 0 unspecified atom stereocenters. The molecule has 0 aliphatic carbocycles. The lowest BCUT2D eigenvalue weighted by Gasteiger charge is -2.46. The molecule has 0 saturated carbocycles. The van der Waals surface area contributed by atoms with E-state index in [1.807, 2.05) is 11.9 Å². The summed E-state index contributed by atoms with van der Waals surface area (Å²) in [4.78, 5) is 4.02. The molecule has 0 N–H and O–H groups in total. The molecule has 1 aromatic carbocycles. The van der Waals surface area contributed by atoms with Crippen LogP contribution in [0.15, 0.2) is 12.1 Å². The molecule has 5 heteroatoms. The zero-order valence-corrected chi connectivity index (χ0v) is 13.1. The van der Waals surface area contributed by atoms with Crippen molar-refractivity contribution >= 4 is 21.6 Å². The van der Waals surface area contributed by atoms with Gasteiger partial charge < -0.3 is 4.90 Å². The Kier molecular flexibility index (Phi) is 4.16. The Balaban J connectivity index is 2.33. The van der Waals surface area contributed by atoms with Gasteiger partial charge in [0.25, 0.3) is 0 Å². The molecule has 1 fully saturated rings. The van der Waals surface area contributed by atoms with Crippen molar-refractivity contribution in [3.05, 3.63) is 29.3 Å². The minimum Gasteiger partial charge on any atom is -0.364 e. The Morgan fingerprint density at radius 1 is 1.21 bits per heavy atom.